The lowest BCUT2D eigenvalue weighted by atomic mass is 9.98. The Morgan fingerprint density at radius 3 is 2.63 bits per heavy atom. The van der Waals surface area contributed by atoms with E-state index in [1.807, 2.05) is 6.92 Å². The smallest absolute Gasteiger partial charge is 0.416 e. The highest BCUT2D eigenvalue weighted by molar-refractivity contribution is 5.90. The summed E-state index contributed by atoms with van der Waals surface area (Å²) in [5.74, 6) is -0.553. The van der Waals surface area contributed by atoms with Crippen LogP contribution in [0.3, 0.4) is 0 Å². The summed E-state index contributed by atoms with van der Waals surface area (Å²) in [5.41, 5.74) is 0.105. The number of aromatic nitrogens is 2. The molecule has 0 bridgehead atoms. The number of benzene rings is 1. The van der Waals surface area contributed by atoms with Gasteiger partial charge in [-0.2, -0.15) is 13.2 Å². The van der Waals surface area contributed by atoms with Crippen molar-refractivity contribution >= 4 is 11.6 Å². The van der Waals surface area contributed by atoms with Crippen molar-refractivity contribution in [3.63, 3.8) is 0 Å². The number of pyridine rings is 1. The van der Waals surface area contributed by atoms with E-state index in [1.54, 1.807) is 10.6 Å². The maximum Gasteiger partial charge on any atom is 0.416 e. The van der Waals surface area contributed by atoms with Gasteiger partial charge in [0.1, 0.15) is 11.8 Å². The Labute approximate surface area is 153 Å². The number of aliphatic hydroxyl groups excluding tert-OH is 1. The largest absolute Gasteiger partial charge is 0.465 e. The molecule has 0 aliphatic carbocycles. The minimum absolute atomic E-state index is 0.121. The fourth-order valence-corrected chi connectivity index (χ4v) is 3.07. The second kappa shape index (κ2) is 7.03. The van der Waals surface area contributed by atoms with Crippen molar-refractivity contribution in [3.8, 4) is 0 Å². The Hall–Kier alpha value is -2.87. The first-order valence-corrected chi connectivity index (χ1v) is 8.21. The number of aliphatic hydroxyl groups is 1. The molecule has 8 heteroatoms. The Kier molecular flexibility index (Phi) is 4.93. The van der Waals surface area contributed by atoms with Crippen LogP contribution >= 0.6 is 0 Å². The number of esters is 1. The molecule has 2 aromatic heterocycles. The second-order valence-corrected chi connectivity index (χ2v) is 5.92. The molecule has 0 fully saturated rings. The van der Waals surface area contributed by atoms with Gasteiger partial charge in [0.05, 0.1) is 23.9 Å². The zero-order chi connectivity index (χ0) is 19.8. The molecule has 1 aromatic carbocycles. The molecule has 27 heavy (non-hydrogen) atoms. The summed E-state index contributed by atoms with van der Waals surface area (Å²) in [6.07, 6.45) is -4.14. The first-order valence-electron chi connectivity index (χ1n) is 8.21. The van der Waals surface area contributed by atoms with Crippen molar-refractivity contribution in [2.24, 2.45) is 0 Å². The highest BCUT2D eigenvalue weighted by Gasteiger charge is 2.36. The number of alkyl halides is 3. The zero-order valence-corrected chi connectivity index (χ0v) is 14.6. The molecule has 0 radical (unpaired) electrons. The molecule has 0 spiro atoms. The fraction of sp³-hybridized carbons (Fsp3) is 0.263. The summed E-state index contributed by atoms with van der Waals surface area (Å²) in [6.45, 7) is 1.81. The molecule has 3 rings (SSSR count). The number of carbonyl (C=O) groups excluding carboxylic acids is 1. The zero-order valence-electron chi connectivity index (χ0n) is 14.6. The van der Waals surface area contributed by atoms with Crippen molar-refractivity contribution in [2.75, 3.05) is 7.11 Å². The number of ether oxygens (including phenoxy) is 1. The third-order valence-corrected chi connectivity index (χ3v) is 4.33. The Bertz CT molecular complexity index is 996. The van der Waals surface area contributed by atoms with Gasteiger partial charge in [0.15, 0.2) is 0 Å². The van der Waals surface area contributed by atoms with Gasteiger partial charge in [0.2, 0.25) is 0 Å². The summed E-state index contributed by atoms with van der Waals surface area (Å²) in [4.78, 5) is 16.0. The lowest BCUT2D eigenvalue weighted by molar-refractivity contribution is -0.139. The summed E-state index contributed by atoms with van der Waals surface area (Å²) in [6, 6.07) is 7.86. The van der Waals surface area contributed by atoms with Gasteiger partial charge in [-0.05, 0) is 30.2 Å². The standard InChI is InChI=1S/C19H17F3N2O3/c1-3-14-16(17(25)12-6-4-5-7-13(12)19(20,21)22)23-15-10-11(18(26)27-2)8-9-24(14)15/h4-10,17,25H,3H2,1-2H3. The van der Waals surface area contributed by atoms with E-state index in [2.05, 4.69) is 9.72 Å². The first-order chi connectivity index (χ1) is 12.8. The van der Waals surface area contributed by atoms with Gasteiger partial charge in [0.25, 0.3) is 0 Å². The number of nitrogens with zero attached hydrogens (tertiary/aromatic N) is 2. The van der Waals surface area contributed by atoms with E-state index < -0.39 is 23.8 Å². The van der Waals surface area contributed by atoms with E-state index in [0.717, 1.165) is 6.07 Å². The summed E-state index contributed by atoms with van der Waals surface area (Å²) in [5, 5.41) is 10.7. The average Bonchev–Trinajstić information content (AvgIpc) is 3.03. The molecular weight excluding hydrogens is 361 g/mol. The normalized spacial score (nSPS) is 13.0. The molecule has 0 saturated heterocycles. The van der Waals surface area contributed by atoms with E-state index in [9.17, 15) is 23.1 Å². The van der Waals surface area contributed by atoms with Crippen LogP contribution in [-0.2, 0) is 17.3 Å². The lowest BCUT2D eigenvalue weighted by Gasteiger charge is -2.17. The van der Waals surface area contributed by atoms with Crippen LogP contribution in [0.4, 0.5) is 13.2 Å². The van der Waals surface area contributed by atoms with E-state index in [1.165, 1.54) is 37.4 Å². The Balaban J connectivity index is 2.15. The van der Waals surface area contributed by atoms with Gasteiger partial charge in [-0.25, -0.2) is 9.78 Å². The second-order valence-electron chi connectivity index (χ2n) is 5.92. The first kappa shape index (κ1) is 18.9. The van der Waals surface area contributed by atoms with Gasteiger partial charge in [-0.15, -0.1) is 0 Å². The number of hydrogen-bond donors (Lipinski definition) is 1. The molecule has 1 unspecified atom stereocenters. The van der Waals surface area contributed by atoms with Crippen LogP contribution in [0.2, 0.25) is 0 Å². The summed E-state index contributed by atoms with van der Waals surface area (Å²) >= 11 is 0. The average molecular weight is 378 g/mol. The number of carbonyl (C=O) groups is 1. The van der Waals surface area contributed by atoms with Crippen molar-refractivity contribution in [1.29, 1.82) is 0 Å². The molecule has 142 valence electrons. The number of hydrogen-bond acceptors (Lipinski definition) is 4. The third-order valence-electron chi connectivity index (χ3n) is 4.33. The van der Waals surface area contributed by atoms with Gasteiger partial charge in [0, 0.05) is 11.9 Å². The topological polar surface area (TPSA) is 63.8 Å². The summed E-state index contributed by atoms with van der Waals surface area (Å²) in [7, 11) is 1.25. The number of methoxy groups -OCH3 is 1. The predicted octanol–water partition coefficient (Wildman–Crippen LogP) is 3.78. The van der Waals surface area contributed by atoms with E-state index in [-0.39, 0.29) is 16.8 Å². The monoisotopic (exact) mass is 378 g/mol. The number of fused-ring (bicyclic) bond motifs is 1. The molecule has 0 saturated carbocycles. The lowest BCUT2D eigenvalue weighted by Crippen LogP contribution is -2.13. The number of imidazole rings is 1. The van der Waals surface area contributed by atoms with Gasteiger partial charge >= 0.3 is 12.1 Å². The minimum atomic E-state index is -4.60. The van der Waals surface area contributed by atoms with Crippen LogP contribution in [0, 0.1) is 0 Å². The summed E-state index contributed by atoms with van der Waals surface area (Å²) < 4.78 is 46.2. The Morgan fingerprint density at radius 1 is 1.30 bits per heavy atom. The molecule has 5 nitrogen and oxygen atoms in total. The third kappa shape index (κ3) is 3.40. The molecule has 3 aromatic rings. The SMILES string of the molecule is CCc1c(C(O)c2ccccc2C(F)(F)F)nc2cc(C(=O)OC)ccn12. The van der Waals surface area contributed by atoms with Crippen LogP contribution < -0.4 is 0 Å². The van der Waals surface area contributed by atoms with Crippen molar-refractivity contribution in [1.82, 2.24) is 9.38 Å². The maximum absolute atomic E-state index is 13.3. The molecule has 1 atom stereocenters. The number of aryl methyl sites for hydroxylation is 1. The van der Waals surface area contributed by atoms with Crippen molar-refractivity contribution in [3.05, 3.63) is 70.7 Å². The highest BCUT2D eigenvalue weighted by atomic mass is 19.4. The number of halogens is 3. The minimum Gasteiger partial charge on any atom is -0.465 e. The van der Waals surface area contributed by atoms with E-state index >= 15 is 0 Å². The van der Waals surface area contributed by atoms with Gasteiger partial charge in [-0.3, -0.25) is 0 Å². The van der Waals surface area contributed by atoms with Gasteiger partial charge < -0.3 is 14.2 Å². The van der Waals surface area contributed by atoms with E-state index in [0.29, 0.717) is 17.8 Å². The highest BCUT2D eigenvalue weighted by Crippen LogP contribution is 2.37. The van der Waals surface area contributed by atoms with Crippen LogP contribution in [-0.4, -0.2) is 27.6 Å². The molecule has 0 amide bonds. The fourth-order valence-electron chi connectivity index (χ4n) is 3.07. The van der Waals surface area contributed by atoms with Crippen molar-refractivity contribution < 1.29 is 27.8 Å². The number of rotatable bonds is 4. The van der Waals surface area contributed by atoms with Crippen LogP contribution in [0.1, 0.15) is 45.9 Å². The molecule has 0 aliphatic rings. The molecule has 1 N–H and O–H groups in total. The van der Waals surface area contributed by atoms with Gasteiger partial charge in [-0.1, -0.05) is 25.1 Å². The maximum atomic E-state index is 13.3. The van der Waals surface area contributed by atoms with Crippen LogP contribution in [0.15, 0.2) is 42.6 Å². The Morgan fingerprint density at radius 2 is 2.00 bits per heavy atom. The molecular formula is C19H17F3N2O3. The molecule has 0 aliphatic heterocycles. The predicted molar refractivity (Wildman–Crippen MR) is 91.4 cm³/mol. The van der Waals surface area contributed by atoms with Crippen LogP contribution in [0.5, 0.6) is 0 Å². The van der Waals surface area contributed by atoms with E-state index in [4.69, 9.17) is 0 Å². The van der Waals surface area contributed by atoms with Crippen LogP contribution in [0.25, 0.3) is 5.65 Å². The quantitative estimate of drug-likeness (QED) is 0.702. The molecule has 2 heterocycles. The van der Waals surface area contributed by atoms with Crippen molar-refractivity contribution in [2.45, 2.75) is 25.6 Å².